The van der Waals surface area contributed by atoms with Gasteiger partial charge < -0.3 is 10.0 Å². The van der Waals surface area contributed by atoms with Crippen LogP contribution in [-0.2, 0) is 9.59 Å². The highest BCUT2D eigenvalue weighted by Crippen LogP contribution is 2.35. The molecule has 2 unspecified atom stereocenters. The van der Waals surface area contributed by atoms with Gasteiger partial charge in [-0.05, 0) is 45.6 Å². The van der Waals surface area contributed by atoms with Crippen LogP contribution < -0.4 is 0 Å². The Morgan fingerprint density at radius 1 is 1.32 bits per heavy atom. The van der Waals surface area contributed by atoms with Crippen LogP contribution in [0.25, 0.3) is 0 Å². The third-order valence-corrected chi connectivity index (χ3v) is 4.86. The predicted octanol–water partition coefficient (Wildman–Crippen LogP) is 1.04. The van der Waals surface area contributed by atoms with Gasteiger partial charge in [0.25, 0.3) is 0 Å². The summed E-state index contributed by atoms with van der Waals surface area (Å²) in [5.74, 6) is -0.430. The van der Waals surface area contributed by atoms with E-state index in [-0.39, 0.29) is 17.9 Å². The maximum atomic E-state index is 12.1. The molecule has 0 bridgehead atoms. The van der Waals surface area contributed by atoms with Gasteiger partial charge in [0.1, 0.15) is 0 Å². The number of carbonyl (C=O) groups excluding carboxylic acids is 1. The van der Waals surface area contributed by atoms with Gasteiger partial charge in [-0.2, -0.15) is 0 Å². The highest BCUT2D eigenvalue weighted by atomic mass is 16.4. The SMILES string of the molecule is CN1CCC(N2CCCC(C(C)(C)C(=O)O)C2)C1=O. The van der Waals surface area contributed by atoms with Crippen LogP contribution in [0.5, 0.6) is 0 Å². The van der Waals surface area contributed by atoms with Crippen molar-refractivity contribution in [1.82, 2.24) is 9.80 Å². The number of likely N-dealkylation sites (N-methyl/N-ethyl adjacent to an activating group) is 1. The summed E-state index contributed by atoms with van der Waals surface area (Å²) in [5.41, 5.74) is -0.716. The third-order valence-electron chi connectivity index (χ3n) is 4.86. The summed E-state index contributed by atoms with van der Waals surface area (Å²) in [5, 5.41) is 9.35. The molecular weight excluding hydrogens is 244 g/mol. The Hall–Kier alpha value is -1.10. The second-order valence-electron chi connectivity index (χ2n) is 6.43. The topological polar surface area (TPSA) is 60.9 Å². The molecule has 0 radical (unpaired) electrons. The second kappa shape index (κ2) is 5.12. The molecule has 2 atom stereocenters. The van der Waals surface area contributed by atoms with Crippen LogP contribution in [0, 0.1) is 11.3 Å². The number of piperidine rings is 1. The maximum Gasteiger partial charge on any atom is 0.309 e. The standard InChI is InChI=1S/C14H24N2O3/c1-14(2,13(18)19)10-5-4-7-16(9-10)11-6-8-15(3)12(11)17/h10-11H,4-9H2,1-3H3,(H,18,19). The van der Waals surface area contributed by atoms with Crippen LogP contribution >= 0.6 is 0 Å². The summed E-state index contributed by atoms with van der Waals surface area (Å²) < 4.78 is 0. The fourth-order valence-electron chi connectivity index (χ4n) is 3.20. The van der Waals surface area contributed by atoms with Gasteiger partial charge in [0.15, 0.2) is 0 Å². The molecular formula is C14H24N2O3. The normalized spacial score (nSPS) is 29.8. The van der Waals surface area contributed by atoms with Crippen LogP contribution in [0.1, 0.15) is 33.1 Å². The number of hydrogen-bond acceptors (Lipinski definition) is 3. The van der Waals surface area contributed by atoms with E-state index in [9.17, 15) is 14.7 Å². The van der Waals surface area contributed by atoms with Gasteiger partial charge in [0.05, 0.1) is 11.5 Å². The molecule has 2 heterocycles. The smallest absolute Gasteiger partial charge is 0.309 e. The third kappa shape index (κ3) is 2.61. The molecule has 19 heavy (non-hydrogen) atoms. The van der Waals surface area contributed by atoms with Crippen molar-refractivity contribution in [3.8, 4) is 0 Å². The van der Waals surface area contributed by atoms with Gasteiger partial charge in [-0.3, -0.25) is 14.5 Å². The van der Waals surface area contributed by atoms with Crippen molar-refractivity contribution < 1.29 is 14.7 Å². The van der Waals surface area contributed by atoms with Gasteiger partial charge in [0, 0.05) is 20.1 Å². The minimum Gasteiger partial charge on any atom is -0.481 e. The molecule has 0 saturated carbocycles. The fourth-order valence-corrected chi connectivity index (χ4v) is 3.20. The molecule has 0 aromatic rings. The highest BCUT2D eigenvalue weighted by molar-refractivity contribution is 5.83. The number of likely N-dealkylation sites (tertiary alicyclic amines) is 2. The van der Waals surface area contributed by atoms with E-state index in [4.69, 9.17) is 0 Å². The van der Waals surface area contributed by atoms with Crippen molar-refractivity contribution in [1.29, 1.82) is 0 Å². The van der Waals surface area contributed by atoms with Gasteiger partial charge >= 0.3 is 5.97 Å². The molecule has 2 saturated heterocycles. The molecule has 0 aliphatic carbocycles. The summed E-state index contributed by atoms with van der Waals surface area (Å²) in [7, 11) is 1.84. The molecule has 0 aromatic heterocycles. The fraction of sp³-hybridized carbons (Fsp3) is 0.857. The van der Waals surface area contributed by atoms with Crippen LogP contribution in [-0.4, -0.2) is 59.5 Å². The molecule has 1 N–H and O–H groups in total. The number of amides is 1. The van der Waals surface area contributed by atoms with Crippen LogP contribution in [0.15, 0.2) is 0 Å². The first-order valence-corrected chi connectivity index (χ1v) is 7.06. The lowest BCUT2D eigenvalue weighted by Gasteiger charge is -2.41. The molecule has 2 fully saturated rings. The molecule has 2 aliphatic rings. The van der Waals surface area contributed by atoms with Crippen LogP contribution in [0.2, 0.25) is 0 Å². The summed E-state index contributed by atoms with van der Waals surface area (Å²) in [6.45, 7) is 6.05. The lowest BCUT2D eigenvalue weighted by Crippen LogP contribution is -2.50. The summed E-state index contributed by atoms with van der Waals surface area (Å²) >= 11 is 0. The average Bonchev–Trinajstić information content (AvgIpc) is 2.70. The number of carboxylic acid groups (broad SMARTS) is 1. The molecule has 5 heteroatoms. The Bertz CT molecular complexity index is 381. The number of aliphatic carboxylic acids is 1. The molecule has 2 aliphatic heterocycles. The number of nitrogens with zero attached hydrogens (tertiary/aromatic N) is 2. The molecule has 0 aromatic carbocycles. The van der Waals surface area contributed by atoms with Gasteiger partial charge in [-0.1, -0.05) is 0 Å². The van der Waals surface area contributed by atoms with E-state index in [2.05, 4.69) is 4.90 Å². The van der Waals surface area contributed by atoms with E-state index >= 15 is 0 Å². The monoisotopic (exact) mass is 268 g/mol. The zero-order valence-electron chi connectivity index (χ0n) is 12.1. The minimum atomic E-state index is -0.741. The molecule has 0 spiro atoms. The van der Waals surface area contributed by atoms with Crippen LogP contribution in [0.4, 0.5) is 0 Å². The first-order valence-electron chi connectivity index (χ1n) is 7.06. The summed E-state index contributed by atoms with van der Waals surface area (Å²) in [4.78, 5) is 27.4. The van der Waals surface area contributed by atoms with E-state index in [1.807, 2.05) is 7.05 Å². The Morgan fingerprint density at radius 2 is 2.00 bits per heavy atom. The van der Waals surface area contributed by atoms with Crippen molar-refractivity contribution in [3.63, 3.8) is 0 Å². The van der Waals surface area contributed by atoms with Gasteiger partial charge in [-0.15, -0.1) is 0 Å². The van der Waals surface area contributed by atoms with E-state index in [0.717, 1.165) is 38.9 Å². The second-order valence-corrected chi connectivity index (χ2v) is 6.43. The van der Waals surface area contributed by atoms with E-state index < -0.39 is 11.4 Å². The van der Waals surface area contributed by atoms with E-state index in [1.165, 1.54) is 0 Å². The number of carbonyl (C=O) groups is 2. The lowest BCUT2D eigenvalue weighted by molar-refractivity contribution is -0.151. The first kappa shape index (κ1) is 14.3. The zero-order valence-corrected chi connectivity index (χ0v) is 12.1. The quantitative estimate of drug-likeness (QED) is 0.831. The largest absolute Gasteiger partial charge is 0.481 e. The van der Waals surface area contributed by atoms with Gasteiger partial charge in [0.2, 0.25) is 5.91 Å². The summed E-state index contributed by atoms with van der Waals surface area (Å²) in [6.07, 6.45) is 2.79. The van der Waals surface area contributed by atoms with Crippen molar-refractivity contribution >= 4 is 11.9 Å². The predicted molar refractivity (Wildman–Crippen MR) is 71.8 cm³/mol. The Morgan fingerprint density at radius 3 is 2.53 bits per heavy atom. The van der Waals surface area contributed by atoms with E-state index in [0.29, 0.717) is 0 Å². The minimum absolute atomic E-state index is 0.0302. The molecule has 5 nitrogen and oxygen atoms in total. The lowest BCUT2D eigenvalue weighted by atomic mass is 9.74. The molecule has 2 rings (SSSR count). The Labute approximate surface area is 114 Å². The molecule has 1 amide bonds. The van der Waals surface area contributed by atoms with Crippen molar-refractivity contribution in [2.45, 2.75) is 39.2 Å². The Kier molecular flexibility index (Phi) is 3.85. The van der Waals surface area contributed by atoms with Crippen molar-refractivity contribution in [3.05, 3.63) is 0 Å². The zero-order chi connectivity index (χ0) is 14.2. The van der Waals surface area contributed by atoms with Gasteiger partial charge in [-0.25, -0.2) is 0 Å². The van der Waals surface area contributed by atoms with Crippen molar-refractivity contribution in [2.24, 2.45) is 11.3 Å². The Balaban J connectivity index is 2.06. The highest BCUT2D eigenvalue weighted by Gasteiger charge is 2.42. The summed E-state index contributed by atoms with van der Waals surface area (Å²) in [6, 6.07) is -0.0302. The van der Waals surface area contributed by atoms with Crippen LogP contribution in [0.3, 0.4) is 0 Å². The molecule has 108 valence electrons. The van der Waals surface area contributed by atoms with E-state index in [1.54, 1.807) is 18.7 Å². The van der Waals surface area contributed by atoms with Crippen molar-refractivity contribution in [2.75, 3.05) is 26.7 Å². The number of hydrogen-bond donors (Lipinski definition) is 1. The average molecular weight is 268 g/mol. The first-order chi connectivity index (χ1) is 8.84. The number of rotatable bonds is 3. The number of carboxylic acids is 1. The maximum absolute atomic E-state index is 12.1.